The number of thiazole rings is 1. The van der Waals surface area contributed by atoms with Crippen LogP contribution in [0, 0.1) is 5.92 Å². The van der Waals surface area contributed by atoms with E-state index in [-0.39, 0.29) is 23.5 Å². The molecule has 0 bridgehead atoms. The Labute approximate surface area is 196 Å². The summed E-state index contributed by atoms with van der Waals surface area (Å²) in [7, 11) is 0. The third-order valence-corrected chi connectivity index (χ3v) is 7.87. The first kappa shape index (κ1) is 21.8. The Morgan fingerprint density at radius 2 is 1.85 bits per heavy atom. The van der Waals surface area contributed by atoms with Gasteiger partial charge < -0.3 is 15.3 Å². The van der Waals surface area contributed by atoms with Crippen LogP contribution in [0.2, 0.25) is 0 Å². The van der Waals surface area contributed by atoms with E-state index in [1.165, 1.54) is 36.7 Å². The number of rotatable bonds is 4. The number of phenols is 1. The Morgan fingerprint density at radius 3 is 2.64 bits per heavy atom. The van der Waals surface area contributed by atoms with Crippen LogP contribution in [-0.4, -0.2) is 44.9 Å². The third-order valence-electron chi connectivity index (χ3n) is 6.86. The van der Waals surface area contributed by atoms with Crippen molar-refractivity contribution in [3.05, 3.63) is 46.5 Å². The van der Waals surface area contributed by atoms with Crippen molar-refractivity contribution < 1.29 is 14.7 Å². The standard InChI is InChI=1S/C25H28N4O3S/c30-21-9-8-19(18-7-4-12-26-22(18)21)27-23(31)20-15-33-24(28-20)16-10-13-29(14-11-16)25(32)17-5-2-1-3-6-17/h4,7-9,12,15-17,30H,1-3,5-6,10-11,13-14H2,(H,27,31). The Hall–Kier alpha value is -3.00. The molecule has 5 rings (SSSR count). The van der Waals surface area contributed by atoms with Crippen molar-refractivity contribution in [2.45, 2.75) is 50.9 Å². The highest BCUT2D eigenvalue weighted by Crippen LogP contribution is 2.33. The predicted molar refractivity (Wildman–Crippen MR) is 129 cm³/mol. The van der Waals surface area contributed by atoms with Gasteiger partial charge in [-0.3, -0.25) is 14.6 Å². The number of nitrogens with zero attached hydrogens (tertiary/aromatic N) is 3. The van der Waals surface area contributed by atoms with E-state index < -0.39 is 0 Å². The summed E-state index contributed by atoms with van der Waals surface area (Å²) in [5, 5.41) is 16.3. The first-order valence-electron chi connectivity index (χ1n) is 11.7. The molecule has 7 nitrogen and oxygen atoms in total. The Bertz CT molecular complexity index is 1160. The maximum atomic E-state index is 12.9. The lowest BCUT2D eigenvalue weighted by atomic mass is 9.87. The Kier molecular flexibility index (Phi) is 6.26. The average Bonchev–Trinajstić information content (AvgIpc) is 3.37. The summed E-state index contributed by atoms with van der Waals surface area (Å²) in [6, 6.07) is 6.78. The Balaban J connectivity index is 1.22. The van der Waals surface area contributed by atoms with Crippen LogP contribution < -0.4 is 5.32 Å². The van der Waals surface area contributed by atoms with Gasteiger partial charge in [0.2, 0.25) is 5.91 Å². The number of pyridine rings is 1. The second kappa shape index (κ2) is 9.47. The van der Waals surface area contributed by atoms with Crippen LogP contribution >= 0.6 is 11.3 Å². The lowest BCUT2D eigenvalue weighted by molar-refractivity contribution is -0.137. The van der Waals surface area contributed by atoms with Gasteiger partial charge in [0.05, 0.1) is 10.7 Å². The van der Waals surface area contributed by atoms with Crippen LogP contribution in [0.4, 0.5) is 5.69 Å². The number of hydrogen-bond donors (Lipinski definition) is 2. The SMILES string of the molecule is O=C(Nc1ccc(O)c2ncccc12)c1csc(C2CCN(C(=O)C3CCCCC3)CC2)n1. The number of carbonyl (C=O) groups excluding carboxylic acids is 2. The predicted octanol–water partition coefficient (Wildman–Crippen LogP) is 4.94. The molecule has 0 radical (unpaired) electrons. The number of fused-ring (bicyclic) bond motifs is 1. The van der Waals surface area contributed by atoms with Crippen molar-refractivity contribution in [2.75, 3.05) is 18.4 Å². The van der Waals surface area contributed by atoms with Crippen molar-refractivity contribution in [1.82, 2.24) is 14.9 Å². The summed E-state index contributed by atoms with van der Waals surface area (Å²) in [6.07, 6.45) is 9.06. The number of piperidine rings is 1. The van der Waals surface area contributed by atoms with Crippen LogP contribution in [-0.2, 0) is 4.79 Å². The largest absolute Gasteiger partial charge is 0.506 e. The summed E-state index contributed by atoms with van der Waals surface area (Å²) in [6.45, 7) is 1.54. The summed E-state index contributed by atoms with van der Waals surface area (Å²) in [4.78, 5) is 36.5. The van der Waals surface area contributed by atoms with Crippen molar-refractivity contribution in [3.63, 3.8) is 0 Å². The van der Waals surface area contributed by atoms with Crippen molar-refractivity contribution in [1.29, 1.82) is 0 Å². The number of aromatic nitrogens is 2. The van der Waals surface area contributed by atoms with Crippen LogP contribution in [0.3, 0.4) is 0 Å². The highest BCUT2D eigenvalue weighted by atomic mass is 32.1. The first-order chi connectivity index (χ1) is 16.1. The molecule has 0 unspecified atom stereocenters. The van der Waals surface area contributed by atoms with Crippen LogP contribution in [0.5, 0.6) is 5.75 Å². The molecule has 0 atom stereocenters. The van der Waals surface area contributed by atoms with Gasteiger partial charge in [0.25, 0.3) is 5.91 Å². The quantitative estimate of drug-likeness (QED) is 0.534. The van der Waals surface area contributed by atoms with Gasteiger partial charge in [0.15, 0.2) is 0 Å². The average molecular weight is 465 g/mol. The van der Waals surface area contributed by atoms with Gasteiger partial charge in [0, 0.05) is 41.9 Å². The van der Waals surface area contributed by atoms with E-state index in [9.17, 15) is 14.7 Å². The minimum Gasteiger partial charge on any atom is -0.506 e. The number of hydrogen-bond acceptors (Lipinski definition) is 6. The van der Waals surface area contributed by atoms with Crippen molar-refractivity contribution in [2.24, 2.45) is 5.92 Å². The van der Waals surface area contributed by atoms with Gasteiger partial charge in [-0.25, -0.2) is 4.98 Å². The summed E-state index contributed by atoms with van der Waals surface area (Å²) >= 11 is 1.51. The molecule has 3 aromatic rings. The van der Waals surface area contributed by atoms with Gasteiger partial charge in [-0.2, -0.15) is 0 Å². The van der Waals surface area contributed by atoms with E-state index in [4.69, 9.17) is 0 Å². The van der Waals surface area contributed by atoms with E-state index in [1.54, 1.807) is 23.7 Å². The van der Waals surface area contributed by atoms with Crippen molar-refractivity contribution in [3.8, 4) is 5.75 Å². The van der Waals surface area contributed by atoms with Gasteiger partial charge in [-0.05, 0) is 49.9 Å². The minimum absolute atomic E-state index is 0.0767. The molecule has 1 aliphatic heterocycles. The number of phenolic OH excluding ortho intramolecular Hbond substituents is 1. The van der Waals surface area contributed by atoms with Gasteiger partial charge >= 0.3 is 0 Å². The first-order valence-corrected chi connectivity index (χ1v) is 12.6. The molecule has 2 aromatic heterocycles. The summed E-state index contributed by atoms with van der Waals surface area (Å²) in [5.74, 6) is 0.636. The summed E-state index contributed by atoms with van der Waals surface area (Å²) < 4.78 is 0. The Morgan fingerprint density at radius 1 is 1.06 bits per heavy atom. The normalized spacial score (nSPS) is 17.9. The third kappa shape index (κ3) is 4.57. The number of carbonyl (C=O) groups is 2. The maximum Gasteiger partial charge on any atom is 0.275 e. The molecule has 1 saturated carbocycles. The van der Waals surface area contributed by atoms with Crippen LogP contribution in [0.25, 0.3) is 10.9 Å². The number of likely N-dealkylation sites (tertiary alicyclic amines) is 1. The lowest BCUT2D eigenvalue weighted by Crippen LogP contribution is -2.41. The zero-order valence-electron chi connectivity index (χ0n) is 18.5. The fourth-order valence-corrected chi connectivity index (χ4v) is 5.96. The topological polar surface area (TPSA) is 95.4 Å². The van der Waals surface area contributed by atoms with Gasteiger partial charge in [-0.1, -0.05) is 19.3 Å². The minimum atomic E-state index is -0.279. The fraction of sp³-hybridized carbons (Fsp3) is 0.440. The molecular formula is C25H28N4O3S. The maximum absolute atomic E-state index is 12.9. The zero-order chi connectivity index (χ0) is 22.8. The molecule has 2 fully saturated rings. The molecule has 1 saturated heterocycles. The monoisotopic (exact) mass is 464 g/mol. The molecule has 1 aromatic carbocycles. The second-order valence-electron chi connectivity index (χ2n) is 8.99. The van der Waals surface area contributed by atoms with E-state index >= 15 is 0 Å². The molecule has 2 aliphatic rings. The van der Waals surface area contributed by atoms with E-state index in [0.717, 1.165) is 43.8 Å². The number of anilines is 1. The molecule has 2 amide bonds. The molecule has 8 heteroatoms. The molecule has 1 aliphatic carbocycles. The number of benzene rings is 1. The summed E-state index contributed by atoms with van der Waals surface area (Å²) in [5.41, 5.74) is 1.43. The lowest BCUT2D eigenvalue weighted by Gasteiger charge is -2.34. The number of aromatic hydroxyl groups is 1. The molecule has 172 valence electrons. The zero-order valence-corrected chi connectivity index (χ0v) is 19.3. The highest BCUT2D eigenvalue weighted by molar-refractivity contribution is 7.10. The molecule has 0 spiro atoms. The molecule has 3 heterocycles. The molecular weight excluding hydrogens is 436 g/mol. The molecule has 33 heavy (non-hydrogen) atoms. The smallest absolute Gasteiger partial charge is 0.275 e. The number of nitrogens with one attached hydrogen (secondary N) is 1. The van der Waals surface area contributed by atoms with E-state index in [2.05, 4.69) is 15.3 Å². The second-order valence-corrected chi connectivity index (χ2v) is 9.88. The number of amides is 2. The van der Waals surface area contributed by atoms with E-state index in [1.807, 2.05) is 11.0 Å². The van der Waals surface area contributed by atoms with Crippen molar-refractivity contribution >= 4 is 39.7 Å². The van der Waals surface area contributed by atoms with Gasteiger partial charge in [0.1, 0.15) is 17.0 Å². The fourth-order valence-electron chi connectivity index (χ4n) is 4.99. The van der Waals surface area contributed by atoms with Crippen LogP contribution in [0.15, 0.2) is 35.8 Å². The molecule has 2 N–H and O–H groups in total. The van der Waals surface area contributed by atoms with Gasteiger partial charge in [-0.15, -0.1) is 11.3 Å². The van der Waals surface area contributed by atoms with Crippen LogP contribution in [0.1, 0.15) is 66.4 Å². The van der Waals surface area contributed by atoms with E-state index in [0.29, 0.717) is 28.2 Å². The highest BCUT2D eigenvalue weighted by Gasteiger charge is 2.30.